The number of non-ortho nitro benzene ring substituents is 1. The Labute approximate surface area is 93.7 Å². The Kier molecular flexibility index (Phi) is 3.01. The van der Waals surface area contributed by atoms with Gasteiger partial charge in [0.15, 0.2) is 0 Å². The molecule has 1 aliphatic heterocycles. The van der Waals surface area contributed by atoms with Crippen molar-refractivity contribution in [2.45, 2.75) is 25.6 Å². The summed E-state index contributed by atoms with van der Waals surface area (Å²) in [6.07, 6.45) is 5.04. The molecule has 1 heterocycles. The number of benzene rings is 1. The monoisotopic (exact) mass is 219 g/mol. The molecule has 4 nitrogen and oxygen atoms in total. The Hall–Kier alpha value is -1.68. The van der Waals surface area contributed by atoms with E-state index in [2.05, 4.69) is 6.08 Å². The van der Waals surface area contributed by atoms with E-state index in [1.54, 1.807) is 12.1 Å². The topological polar surface area (TPSA) is 52.4 Å². The van der Waals surface area contributed by atoms with Crippen LogP contribution in [0.1, 0.15) is 25.0 Å². The number of nitrogens with zero attached hydrogens (tertiary/aromatic N) is 1. The molecule has 0 bridgehead atoms. The van der Waals surface area contributed by atoms with Gasteiger partial charge in [0.1, 0.15) is 0 Å². The smallest absolute Gasteiger partial charge is 0.269 e. The van der Waals surface area contributed by atoms with Crippen molar-refractivity contribution < 1.29 is 9.66 Å². The van der Waals surface area contributed by atoms with E-state index in [1.807, 2.05) is 13.0 Å². The largest absolute Gasteiger partial charge is 0.366 e. The fourth-order valence-electron chi connectivity index (χ4n) is 1.78. The normalized spacial score (nSPS) is 24.3. The van der Waals surface area contributed by atoms with Crippen molar-refractivity contribution in [3.63, 3.8) is 0 Å². The molecule has 0 amide bonds. The molecule has 0 N–H and O–H groups in total. The second-order valence-electron chi connectivity index (χ2n) is 3.84. The first kappa shape index (κ1) is 10.8. The quantitative estimate of drug-likeness (QED) is 0.436. The molecular weight excluding hydrogens is 206 g/mol. The van der Waals surface area contributed by atoms with Crippen LogP contribution in [0.5, 0.6) is 0 Å². The van der Waals surface area contributed by atoms with Crippen LogP contribution < -0.4 is 0 Å². The zero-order chi connectivity index (χ0) is 11.5. The minimum atomic E-state index is -0.395. The number of hydrogen-bond donors (Lipinski definition) is 0. The Morgan fingerprint density at radius 3 is 2.62 bits per heavy atom. The summed E-state index contributed by atoms with van der Waals surface area (Å²) < 4.78 is 5.72. The summed E-state index contributed by atoms with van der Waals surface area (Å²) in [5.41, 5.74) is 1.10. The van der Waals surface area contributed by atoms with Gasteiger partial charge in [0.2, 0.25) is 0 Å². The second kappa shape index (κ2) is 4.45. The first-order chi connectivity index (χ1) is 7.66. The van der Waals surface area contributed by atoms with E-state index in [9.17, 15) is 10.1 Å². The zero-order valence-corrected chi connectivity index (χ0v) is 9.00. The molecule has 0 aromatic heterocycles. The summed E-state index contributed by atoms with van der Waals surface area (Å²) in [7, 11) is 0. The predicted octanol–water partition coefficient (Wildman–Crippen LogP) is 3.00. The van der Waals surface area contributed by atoms with Gasteiger partial charge in [-0.1, -0.05) is 12.2 Å². The van der Waals surface area contributed by atoms with Crippen LogP contribution in [-0.2, 0) is 4.74 Å². The van der Waals surface area contributed by atoms with Crippen molar-refractivity contribution in [2.75, 3.05) is 0 Å². The van der Waals surface area contributed by atoms with Gasteiger partial charge < -0.3 is 4.74 Å². The van der Waals surface area contributed by atoms with Crippen LogP contribution in [0, 0.1) is 10.1 Å². The molecule has 1 aromatic rings. The average molecular weight is 219 g/mol. The third kappa shape index (κ3) is 2.28. The molecule has 0 fully saturated rings. The standard InChI is InChI=1S/C12H13NO3/c1-9-3-2-4-12(16-9)10-5-7-11(8-6-10)13(14)15/h2-3,5-9,12H,4H2,1H3/t9-,12+/m0/s1. The van der Waals surface area contributed by atoms with E-state index < -0.39 is 4.92 Å². The van der Waals surface area contributed by atoms with E-state index >= 15 is 0 Å². The second-order valence-corrected chi connectivity index (χ2v) is 3.84. The van der Waals surface area contributed by atoms with Crippen LogP contribution in [0.25, 0.3) is 0 Å². The van der Waals surface area contributed by atoms with Crippen LogP contribution >= 0.6 is 0 Å². The molecule has 0 saturated heterocycles. The highest BCUT2D eigenvalue weighted by atomic mass is 16.6. The molecule has 0 radical (unpaired) electrons. The van der Waals surface area contributed by atoms with Gasteiger partial charge in [-0.15, -0.1) is 0 Å². The first-order valence-corrected chi connectivity index (χ1v) is 5.23. The van der Waals surface area contributed by atoms with Gasteiger partial charge in [-0.2, -0.15) is 0 Å². The fraction of sp³-hybridized carbons (Fsp3) is 0.333. The van der Waals surface area contributed by atoms with Gasteiger partial charge in [-0.3, -0.25) is 10.1 Å². The van der Waals surface area contributed by atoms with Crippen molar-refractivity contribution >= 4 is 5.69 Å². The molecule has 1 aliphatic rings. The van der Waals surface area contributed by atoms with E-state index in [1.165, 1.54) is 12.1 Å². The van der Waals surface area contributed by atoms with Crippen molar-refractivity contribution in [3.8, 4) is 0 Å². The minimum absolute atomic E-state index is 0.0146. The van der Waals surface area contributed by atoms with E-state index in [-0.39, 0.29) is 17.9 Å². The summed E-state index contributed by atoms with van der Waals surface area (Å²) in [4.78, 5) is 10.1. The maximum absolute atomic E-state index is 10.5. The fourth-order valence-corrected chi connectivity index (χ4v) is 1.78. The highest BCUT2D eigenvalue weighted by Gasteiger charge is 2.17. The van der Waals surface area contributed by atoms with Crippen molar-refractivity contribution in [2.24, 2.45) is 0 Å². The van der Waals surface area contributed by atoms with Crippen LogP contribution in [-0.4, -0.2) is 11.0 Å². The lowest BCUT2D eigenvalue weighted by atomic mass is 10.0. The molecular formula is C12H13NO3. The van der Waals surface area contributed by atoms with Gasteiger partial charge in [-0.25, -0.2) is 0 Å². The molecule has 0 saturated carbocycles. The number of nitro benzene ring substituents is 1. The van der Waals surface area contributed by atoms with Crippen LogP contribution in [0.3, 0.4) is 0 Å². The Bertz CT molecular complexity index is 411. The van der Waals surface area contributed by atoms with E-state index in [0.29, 0.717) is 0 Å². The molecule has 2 atom stereocenters. The third-order valence-electron chi connectivity index (χ3n) is 2.61. The molecule has 4 heteroatoms. The van der Waals surface area contributed by atoms with Gasteiger partial charge in [0.25, 0.3) is 5.69 Å². The van der Waals surface area contributed by atoms with Crippen molar-refractivity contribution in [1.29, 1.82) is 0 Å². The Balaban J connectivity index is 2.16. The molecule has 2 rings (SSSR count). The lowest BCUT2D eigenvalue weighted by Gasteiger charge is -2.23. The molecule has 16 heavy (non-hydrogen) atoms. The number of ether oxygens (including phenoxy) is 1. The Morgan fingerprint density at radius 1 is 1.38 bits per heavy atom. The summed E-state index contributed by atoms with van der Waals surface area (Å²) in [6.45, 7) is 1.98. The third-order valence-corrected chi connectivity index (χ3v) is 2.61. The summed E-state index contributed by atoms with van der Waals surface area (Å²) >= 11 is 0. The van der Waals surface area contributed by atoms with Gasteiger partial charge >= 0.3 is 0 Å². The highest BCUT2D eigenvalue weighted by Crippen LogP contribution is 2.28. The molecule has 0 unspecified atom stereocenters. The summed E-state index contributed by atoms with van der Waals surface area (Å²) in [5, 5.41) is 10.5. The summed E-state index contributed by atoms with van der Waals surface area (Å²) in [5.74, 6) is 0. The van der Waals surface area contributed by atoms with Gasteiger partial charge in [0.05, 0.1) is 17.1 Å². The van der Waals surface area contributed by atoms with Crippen molar-refractivity contribution in [3.05, 3.63) is 52.1 Å². The SMILES string of the molecule is C[C@H]1C=CC[C@H](c2ccc([N+](=O)[O-])cc2)O1. The maximum Gasteiger partial charge on any atom is 0.269 e. The van der Waals surface area contributed by atoms with E-state index in [4.69, 9.17) is 4.74 Å². The molecule has 84 valence electrons. The van der Waals surface area contributed by atoms with Crippen LogP contribution in [0.2, 0.25) is 0 Å². The average Bonchev–Trinajstić information content (AvgIpc) is 2.29. The van der Waals surface area contributed by atoms with E-state index in [0.717, 1.165) is 12.0 Å². The lowest BCUT2D eigenvalue weighted by Crippen LogP contribution is -2.15. The molecule has 1 aromatic carbocycles. The molecule has 0 aliphatic carbocycles. The highest BCUT2D eigenvalue weighted by molar-refractivity contribution is 5.34. The van der Waals surface area contributed by atoms with Crippen LogP contribution in [0.4, 0.5) is 5.69 Å². The maximum atomic E-state index is 10.5. The number of rotatable bonds is 2. The van der Waals surface area contributed by atoms with Gasteiger partial charge in [0, 0.05) is 12.1 Å². The zero-order valence-electron chi connectivity index (χ0n) is 9.00. The van der Waals surface area contributed by atoms with Crippen LogP contribution in [0.15, 0.2) is 36.4 Å². The lowest BCUT2D eigenvalue weighted by molar-refractivity contribution is -0.384. The number of nitro groups is 1. The molecule has 0 spiro atoms. The predicted molar refractivity (Wildman–Crippen MR) is 60.1 cm³/mol. The first-order valence-electron chi connectivity index (χ1n) is 5.23. The Morgan fingerprint density at radius 2 is 2.06 bits per heavy atom. The van der Waals surface area contributed by atoms with Gasteiger partial charge in [-0.05, 0) is 31.0 Å². The summed E-state index contributed by atoms with van der Waals surface area (Å²) in [6, 6.07) is 6.55. The minimum Gasteiger partial charge on any atom is -0.366 e. The number of hydrogen-bond acceptors (Lipinski definition) is 3. The van der Waals surface area contributed by atoms with Crippen molar-refractivity contribution in [1.82, 2.24) is 0 Å².